The number of likely N-dealkylation sites (N-methyl/N-ethyl adjacent to an activating group) is 1. The number of amides is 1. The molecule has 162 valence electrons. The fourth-order valence-electron chi connectivity index (χ4n) is 3.65. The first kappa shape index (κ1) is 22.1. The van der Waals surface area contributed by atoms with Crippen LogP contribution in [0.3, 0.4) is 0 Å². The highest BCUT2D eigenvalue weighted by molar-refractivity contribution is 5.94. The van der Waals surface area contributed by atoms with Crippen LogP contribution < -0.4 is 15.1 Å². The molecule has 30 heavy (non-hydrogen) atoms. The summed E-state index contributed by atoms with van der Waals surface area (Å²) in [5.74, 6) is 0.0147. The zero-order chi connectivity index (χ0) is 21.5. The Bertz CT molecular complexity index is 799. The molecule has 2 aromatic carbocycles. The van der Waals surface area contributed by atoms with Gasteiger partial charge in [0.25, 0.3) is 0 Å². The van der Waals surface area contributed by atoms with E-state index in [1.807, 2.05) is 33.2 Å². The highest BCUT2D eigenvalue weighted by Gasteiger charge is 2.20. The molecule has 1 amide bonds. The third-order valence-corrected chi connectivity index (χ3v) is 5.68. The zero-order valence-corrected chi connectivity index (χ0v) is 18.6. The second kappa shape index (κ2) is 10.5. The van der Waals surface area contributed by atoms with E-state index < -0.39 is 0 Å². The Balaban J connectivity index is 1.57. The summed E-state index contributed by atoms with van der Waals surface area (Å²) in [6.45, 7) is 8.95. The van der Waals surface area contributed by atoms with Gasteiger partial charge in [-0.3, -0.25) is 9.69 Å². The molecule has 1 aliphatic rings. The fourth-order valence-corrected chi connectivity index (χ4v) is 3.65. The lowest BCUT2D eigenvalue weighted by molar-refractivity contribution is -0.120. The van der Waals surface area contributed by atoms with E-state index in [-0.39, 0.29) is 11.9 Å². The lowest BCUT2D eigenvalue weighted by atomic mass is 10.1. The Morgan fingerprint density at radius 2 is 1.70 bits per heavy atom. The summed E-state index contributed by atoms with van der Waals surface area (Å²) in [6, 6.07) is 16.4. The van der Waals surface area contributed by atoms with Crippen LogP contribution in [0.2, 0.25) is 0 Å². The molecule has 1 aliphatic heterocycles. The van der Waals surface area contributed by atoms with Crippen molar-refractivity contribution in [1.82, 2.24) is 4.90 Å². The molecule has 0 spiro atoms. The Morgan fingerprint density at radius 3 is 2.27 bits per heavy atom. The van der Waals surface area contributed by atoms with Gasteiger partial charge in [-0.25, -0.2) is 0 Å². The van der Waals surface area contributed by atoms with Crippen molar-refractivity contribution in [2.45, 2.75) is 26.4 Å². The second-order valence-corrected chi connectivity index (χ2v) is 7.94. The number of anilines is 3. The number of ether oxygens (including phenoxy) is 1. The lowest BCUT2D eigenvalue weighted by Crippen LogP contribution is -2.41. The number of carbonyl (C=O) groups is 1. The maximum atomic E-state index is 12.8. The molecule has 0 radical (unpaired) electrons. The van der Waals surface area contributed by atoms with Gasteiger partial charge < -0.3 is 19.9 Å². The fraction of sp³-hybridized carbons (Fsp3) is 0.458. The average molecular weight is 411 g/mol. The van der Waals surface area contributed by atoms with E-state index in [4.69, 9.17) is 4.74 Å². The second-order valence-electron chi connectivity index (χ2n) is 7.94. The SMILES string of the molecule is CCN(Cc1ccc(N(C)C)cc1)[C@H](C)C(=O)Nc1ccc(N2CCOCC2)cc1. The largest absolute Gasteiger partial charge is 0.378 e. The predicted molar refractivity (Wildman–Crippen MR) is 124 cm³/mol. The Morgan fingerprint density at radius 1 is 1.07 bits per heavy atom. The van der Waals surface area contributed by atoms with Crippen molar-refractivity contribution in [3.8, 4) is 0 Å². The van der Waals surface area contributed by atoms with Crippen molar-refractivity contribution >= 4 is 23.0 Å². The number of benzene rings is 2. The van der Waals surface area contributed by atoms with Gasteiger partial charge in [0, 0.05) is 50.8 Å². The molecule has 0 bridgehead atoms. The molecule has 1 atom stereocenters. The molecule has 0 aliphatic carbocycles. The molecule has 1 fully saturated rings. The smallest absolute Gasteiger partial charge is 0.241 e. The van der Waals surface area contributed by atoms with Crippen molar-refractivity contribution < 1.29 is 9.53 Å². The van der Waals surface area contributed by atoms with Gasteiger partial charge in [-0.15, -0.1) is 0 Å². The van der Waals surface area contributed by atoms with E-state index in [1.165, 1.54) is 16.9 Å². The van der Waals surface area contributed by atoms with E-state index in [9.17, 15) is 4.79 Å². The summed E-state index contributed by atoms with van der Waals surface area (Å²) in [7, 11) is 4.07. The number of hydrogen-bond acceptors (Lipinski definition) is 5. The Hall–Kier alpha value is -2.57. The number of morpholine rings is 1. The minimum atomic E-state index is -0.220. The first-order valence-electron chi connectivity index (χ1n) is 10.7. The van der Waals surface area contributed by atoms with E-state index in [1.54, 1.807) is 0 Å². The molecule has 3 rings (SSSR count). The Labute approximate surface area is 180 Å². The topological polar surface area (TPSA) is 48.0 Å². The maximum Gasteiger partial charge on any atom is 0.241 e. The van der Waals surface area contributed by atoms with Crippen molar-refractivity contribution in [3.05, 3.63) is 54.1 Å². The summed E-state index contributed by atoms with van der Waals surface area (Å²) in [5.41, 5.74) is 4.38. The molecular weight excluding hydrogens is 376 g/mol. The van der Waals surface area contributed by atoms with Gasteiger partial charge >= 0.3 is 0 Å². The number of rotatable bonds is 8. The van der Waals surface area contributed by atoms with Gasteiger partial charge in [0.2, 0.25) is 5.91 Å². The van der Waals surface area contributed by atoms with Crippen LogP contribution in [0, 0.1) is 0 Å². The monoisotopic (exact) mass is 410 g/mol. The zero-order valence-electron chi connectivity index (χ0n) is 18.6. The van der Waals surface area contributed by atoms with Gasteiger partial charge in [0.05, 0.1) is 19.3 Å². The molecule has 1 N–H and O–H groups in total. The number of nitrogens with zero attached hydrogens (tertiary/aromatic N) is 3. The molecular formula is C24H34N4O2. The van der Waals surface area contributed by atoms with Gasteiger partial charge in [-0.1, -0.05) is 19.1 Å². The van der Waals surface area contributed by atoms with E-state index in [0.717, 1.165) is 45.1 Å². The van der Waals surface area contributed by atoms with Gasteiger partial charge in [0.15, 0.2) is 0 Å². The number of carbonyl (C=O) groups excluding carboxylic acids is 1. The molecule has 6 heteroatoms. The molecule has 0 saturated carbocycles. The summed E-state index contributed by atoms with van der Waals surface area (Å²) in [5, 5.41) is 3.07. The summed E-state index contributed by atoms with van der Waals surface area (Å²) in [6.07, 6.45) is 0. The first-order chi connectivity index (χ1) is 14.5. The molecule has 0 aromatic heterocycles. The molecule has 6 nitrogen and oxygen atoms in total. The third kappa shape index (κ3) is 5.74. The van der Waals surface area contributed by atoms with Crippen molar-refractivity contribution in [2.75, 3.05) is 62.1 Å². The van der Waals surface area contributed by atoms with Crippen LogP contribution in [0.25, 0.3) is 0 Å². The predicted octanol–water partition coefficient (Wildman–Crippen LogP) is 3.44. The highest BCUT2D eigenvalue weighted by atomic mass is 16.5. The quantitative estimate of drug-likeness (QED) is 0.722. The minimum Gasteiger partial charge on any atom is -0.378 e. The molecule has 0 unspecified atom stereocenters. The van der Waals surface area contributed by atoms with E-state index >= 15 is 0 Å². The van der Waals surface area contributed by atoms with Crippen LogP contribution in [-0.2, 0) is 16.1 Å². The average Bonchev–Trinajstić information content (AvgIpc) is 2.78. The lowest BCUT2D eigenvalue weighted by Gasteiger charge is -2.29. The summed E-state index contributed by atoms with van der Waals surface area (Å²) in [4.78, 5) is 19.4. The van der Waals surface area contributed by atoms with E-state index in [2.05, 4.69) is 63.3 Å². The molecule has 1 heterocycles. The van der Waals surface area contributed by atoms with Crippen molar-refractivity contribution in [2.24, 2.45) is 0 Å². The van der Waals surface area contributed by atoms with Gasteiger partial charge in [0.1, 0.15) is 0 Å². The summed E-state index contributed by atoms with van der Waals surface area (Å²) >= 11 is 0. The number of nitrogens with one attached hydrogen (secondary N) is 1. The third-order valence-electron chi connectivity index (χ3n) is 5.68. The van der Waals surface area contributed by atoms with Crippen LogP contribution in [0.15, 0.2) is 48.5 Å². The Kier molecular flexibility index (Phi) is 7.71. The number of hydrogen-bond donors (Lipinski definition) is 1. The molecule has 1 saturated heterocycles. The van der Waals surface area contributed by atoms with Crippen LogP contribution in [0.4, 0.5) is 17.1 Å². The van der Waals surface area contributed by atoms with Crippen molar-refractivity contribution in [3.63, 3.8) is 0 Å². The van der Waals surface area contributed by atoms with E-state index in [0.29, 0.717) is 0 Å². The van der Waals surface area contributed by atoms with Crippen molar-refractivity contribution in [1.29, 1.82) is 0 Å². The maximum absolute atomic E-state index is 12.8. The first-order valence-corrected chi connectivity index (χ1v) is 10.7. The van der Waals surface area contributed by atoms with Crippen LogP contribution in [0.1, 0.15) is 19.4 Å². The van der Waals surface area contributed by atoms with Gasteiger partial charge in [-0.2, -0.15) is 0 Å². The standard InChI is InChI=1S/C24H34N4O2/c1-5-27(18-20-6-10-22(11-7-20)26(3)4)19(2)24(29)25-21-8-12-23(13-9-21)28-14-16-30-17-15-28/h6-13,19H,5,14-18H2,1-4H3,(H,25,29)/t19-/m1/s1. The molecule has 2 aromatic rings. The normalized spacial score (nSPS) is 15.2. The minimum absolute atomic E-state index is 0.0147. The van der Waals surface area contributed by atoms with Crippen LogP contribution >= 0.6 is 0 Å². The summed E-state index contributed by atoms with van der Waals surface area (Å²) < 4.78 is 5.41. The van der Waals surface area contributed by atoms with Gasteiger partial charge in [-0.05, 0) is 55.4 Å². The van der Waals surface area contributed by atoms with Crippen LogP contribution in [-0.4, -0.2) is 63.8 Å². The highest BCUT2D eigenvalue weighted by Crippen LogP contribution is 2.20. The van der Waals surface area contributed by atoms with Crippen LogP contribution in [0.5, 0.6) is 0 Å².